The summed E-state index contributed by atoms with van der Waals surface area (Å²) in [6.07, 6.45) is 0. The normalized spacial score (nSPS) is 11.5. The van der Waals surface area contributed by atoms with E-state index in [-0.39, 0.29) is 5.41 Å². The van der Waals surface area contributed by atoms with Gasteiger partial charge in [0, 0.05) is 17.9 Å². The van der Waals surface area contributed by atoms with Crippen molar-refractivity contribution in [2.45, 2.75) is 34.6 Å². The first-order valence-corrected chi connectivity index (χ1v) is 4.93. The van der Waals surface area contributed by atoms with Crippen molar-refractivity contribution in [3.63, 3.8) is 0 Å². The molecular formula is C11H19N3. The second-order valence-electron chi connectivity index (χ2n) is 4.89. The first-order valence-electron chi connectivity index (χ1n) is 4.93. The van der Waals surface area contributed by atoms with E-state index in [9.17, 15) is 0 Å². The van der Waals surface area contributed by atoms with Gasteiger partial charge in [-0.25, -0.2) is 9.97 Å². The largest absolute Gasteiger partial charge is 0.354 e. The monoisotopic (exact) mass is 193 g/mol. The van der Waals surface area contributed by atoms with Crippen molar-refractivity contribution in [3.8, 4) is 0 Å². The molecule has 78 valence electrons. The summed E-state index contributed by atoms with van der Waals surface area (Å²) in [5, 5.41) is 3.24. The molecule has 3 nitrogen and oxygen atoms in total. The van der Waals surface area contributed by atoms with Gasteiger partial charge in [0.2, 0.25) is 5.95 Å². The molecule has 0 fully saturated rings. The van der Waals surface area contributed by atoms with Gasteiger partial charge in [-0.2, -0.15) is 0 Å². The smallest absolute Gasteiger partial charge is 0.223 e. The fraction of sp³-hybridized carbons (Fsp3) is 0.636. The van der Waals surface area contributed by atoms with Crippen LogP contribution in [0.25, 0.3) is 0 Å². The molecule has 0 aromatic carbocycles. The average molecular weight is 193 g/mol. The third kappa shape index (κ3) is 3.73. The zero-order chi connectivity index (χ0) is 10.8. The standard InChI is InChI=1S/C11H19N3/c1-8-6-9(2)14-10(13-8)12-7-11(3,4)5/h6H,7H2,1-5H3,(H,12,13,14). The molecule has 0 bridgehead atoms. The van der Waals surface area contributed by atoms with Gasteiger partial charge >= 0.3 is 0 Å². The van der Waals surface area contributed by atoms with Gasteiger partial charge in [0.25, 0.3) is 0 Å². The summed E-state index contributed by atoms with van der Waals surface area (Å²) in [6.45, 7) is 11.4. The van der Waals surface area contributed by atoms with E-state index in [0.717, 1.165) is 23.9 Å². The molecule has 0 atom stereocenters. The van der Waals surface area contributed by atoms with Crippen LogP contribution in [0.15, 0.2) is 6.07 Å². The maximum atomic E-state index is 4.31. The highest BCUT2D eigenvalue weighted by atomic mass is 15.1. The third-order valence-corrected chi connectivity index (χ3v) is 1.76. The third-order valence-electron chi connectivity index (χ3n) is 1.76. The van der Waals surface area contributed by atoms with Crippen LogP contribution in [0.4, 0.5) is 5.95 Å². The Morgan fingerprint density at radius 2 is 1.64 bits per heavy atom. The Kier molecular flexibility index (Phi) is 3.09. The summed E-state index contributed by atoms with van der Waals surface area (Å²) in [5.41, 5.74) is 2.27. The summed E-state index contributed by atoms with van der Waals surface area (Å²) in [6, 6.07) is 1.97. The van der Waals surface area contributed by atoms with Gasteiger partial charge in [0.15, 0.2) is 0 Å². The fourth-order valence-corrected chi connectivity index (χ4v) is 1.15. The Bertz CT molecular complexity index is 293. The number of nitrogens with one attached hydrogen (secondary N) is 1. The molecule has 0 saturated heterocycles. The first-order chi connectivity index (χ1) is 6.37. The number of anilines is 1. The van der Waals surface area contributed by atoms with Gasteiger partial charge in [0.1, 0.15) is 0 Å². The summed E-state index contributed by atoms with van der Waals surface area (Å²) >= 11 is 0. The number of hydrogen-bond acceptors (Lipinski definition) is 3. The molecule has 0 radical (unpaired) electrons. The fourth-order valence-electron chi connectivity index (χ4n) is 1.15. The van der Waals surface area contributed by atoms with Crippen LogP contribution in [0.2, 0.25) is 0 Å². The SMILES string of the molecule is Cc1cc(C)nc(NCC(C)(C)C)n1. The quantitative estimate of drug-likeness (QED) is 0.784. The molecule has 1 aromatic rings. The van der Waals surface area contributed by atoms with Crippen LogP contribution in [0, 0.1) is 19.3 Å². The Hall–Kier alpha value is -1.12. The Morgan fingerprint density at radius 3 is 2.07 bits per heavy atom. The van der Waals surface area contributed by atoms with Crippen LogP contribution >= 0.6 is 0 Å². The van der Waals surface area contributed by atoms with E-state index in [0.29, 0.717) is 0 Å². The average Bonchev–Trinajstić information content (AvgIpc) is 1.97. The van der Waals surface area contributed by atoms with Gasteiger partial charge in [-0.3, -0.25) is 0 Å². The van der Waals surface area contributed by atoms with E-state index in [1.165, 1.54) is 0 Å². The van der Waals surface area contributed by atoms with Gasteiger partial charge in [-0.05, 0) is 25.3 Å². The maximum Gasteiger partial charge on any atom is 0.223 e. The van der Waals surface area contributed by atoms with Crippen molar-refractivity contribution in [2.75, 3.05) is 11.9 Å². The second kappa shape index (κ2) is 3.95. The minimum atomic E-state index is 0.251. The molecule has 0 saturated carbocycles. The van der Waals surface area contributed by atoms with Crippen molar-refractivity contribution >= 4 is 5.95 Å². The molecular weight excluding hydrogens is 174 g/mol. The van der Waals surface area contributed by atoms with Gasteiger partial charge in [-0.1, -0.05) is 20.8 Å². The van der Waals surface area contributed by atoms with Crippen molar-refractivity contribution in [2.24, 2.45) is 5.41 Å². The van der Waals surface area contributed by atoms with E-state index in [4.69, 9.17) is 0 Å². The molecule has 3 heteroatoms. The van der Waals surface area contributed by atoms with E-state index < -0.39 is 0 Å². The van der Waals surface area contributed by atoms with E-state index in [2.05, 4.69) is 36.1 Å². The highest BCUT2D eigenvalue weighted by Crippen LogP contribution is 2.13. The van der Waals surface area contributed by atoms with Gasteiger partial charge in [-0.15, -0.1) is 0 Å². The molecule has 0 unspecified atom stereocenters. The zero-order valence-corrected chi connectivity index (χ0v) is 9.68. The van der Waals surface area contributed by atoms with E-state index in [1.807, 2.05) is 19.9 Å². The molecule has 0 aliphatic carbocycles. The predicted molar refractivity (Wildman–Crippen MR) is 59.5 cm³/mol. The summed E-state index contributed by atoms with van der Waals surface area (Å²) in [7, 11) is 0. The van der Waals surface area contributed by atoms with Crippen LogP contribution in [-0.4, -0.2) is 16.5 Å². The van der Waals surface area contributed by atoms with Crippen molar-refractivity contribution < 1.29 is 0 Å². The van der Waals surface area contributed by atoms with E-state index in [1.54, 1.807) is 0 Å². The summed E-state index contributed by atoms with van der Waals surface area (Å²) in [5.74, 6) is 0.734. The lowest BCUT2D eigenvalue weighted by Crippen LogP contribution is -2.20. The number of hydrogen-bond donors (Lipinski definition) is 1. The van der Waals surface area contributed by atoms with Crippen LogP contribution in [0.1, 0.15) is 32.2 Å². The first kappa shape index (κ1) is 11.0. The minimum absolute atomic E-state index is 0.251. The molecule has 1 heterocycles. The molecule has 1 N–H and O–H groups in total. The molecule has 1 rings (SSSR count). The predicted octanol–water partition coefficient (Wildman–Crippen LogP) is 2.55. The lowest BCUT2D eigenvalue weighted by Gasteiger charge is -2.18. The minimum Gasteiger partial charge on any atom is -0.354 e. The number of aryl methyl sites for hydroxylation is 2. The zero-order valence-electron chi connectivity index (χ0n) is 9.68. The Labute approximate surface area is 86.0 Å². The summed E-state index contributed by atoms with van der Waals surface area (Å²) in [4.78, 5) is 8.63. The Morgan fingerprint density at radius 1 is 1.14 bits per heavy atom. The highest BCUT2D eigenvalue weighted by Gasteiger charge is 2.10. The molecule has 1 aromatic heterocycles. The number of nitrogens with zero attached hydrogens (tertiary/aromatic N) is 2. The van der Waals surface area contributed by atoms with Gasteiger partial charge < -0.3 is 5.32 Å². The van der Waals surface area contributed by atoms with Crippen molar-refractivity contribution in [3.05, 3.63) is 17.5 Å². The van der Waals surface area contributed by atoms with Crippen LogP contribution in [0.3, 0.4) is 0 Å². The lowest BCUT2D eigenvalue weighted by atomic mass is 9.97. The maximum absolute atomic E-state index is 4.31. The van der Waals surface area contributed by atoms with E-state index >= 15 is 0 Å². The molecule has 0 aliphatic rings. The molecule has 0 aliphatic heterocycles. The van der Waals surface area contributed by atoms with Crippen molar-refractivity contribution in [1.29, 1.82) is 0 Å². The topological polar surface area (TPSA) is 37.8 Å². The Balaban J connectivity index is 2.68. The lowest BCUT2D eigenvalue weighted by molar-refractivity contribution is 0.441. The molecule has 0 spiro atoms. The van der Waals surface area contributed by atoms with Gasteiger partial charge in [0.05, 0.1) is 0 Å². The highest BCUT2D eigenvalue weighted by molar-refractivity contribution is 5.27. The number of aromatic nitrogens is 2. The molecule has 14 heavy (non-hydrogen) atoms. The summed E-state index contributed by atoms with van der Waals surface area (Å²) < 4.78 is 0. The van der Waals surface area contributed by atoms with Crippen LogP contribution in [-0.2, 0) is 0 Å². The van der Waals surface area contributed by atoms with Crippen LogP contribution in [0.5, 0.6) is 0 Å². The molecule has 0 amide bonds. The van der Waals surface area contributed by atoms with Crippen molar-refractivity contribution in [1.82, 2.24) is 9.97 Å². The number of rotatable bonds is 2. The second-order valence-corrected chi connectivity index (χ2v) is 4.89. The van der Waals surface area contributed by atoms with Crippen LogP contribution < -0.4 is 5.32 Å².